The molecule has 0 radical (unpaired) electrons. The highest BCUT2D eigenvalue weighted by atomic mass is 16.5. The van der Waals surface area contributed by atoms with Crippen molar-refractivity contribution >= 4 is 17.3 Å². The summed E-state index contributed by atoms with van der Waals surface area (Å²) in [5, 5.41) is 6.23. The van der Waals surface area contributed by atoms with Crippen LogP contribution < -0.4 is 15.4 Å². The molecule has 1 aliphatic heterocycles. The number of anilines is 2. The Kier molecular flexibility index (Phi) is 6.12. The van der Waals surface area contributed by atoms with Crippen LogP contribution in [-0.2, 0) is 16.1 Å². The van der Waals surface area contributed by atoms with Crippen molar-refractivity contribution in [3.8, 4) is 5.75 Å². The molecular formula is C21H26N2O3. The molecule has 0 saturated carbocycles. The lowest BCUT2D eigenvalue weighted by molar-refractivity contribution is -0.124. The van der Waals surface area contributed by atoms with Crippen molar-refractivity contribution in [3.05, 3.63) is 53.6 Å². The van der Waals surface area contributed by atoms with Crippen LogP contribution in [0, 0.1) is 6.92 Å². The molecule has 0 bridgehead atoms. The maximum atomic E-state index is 12.2. The van der Waals surface area contributed by atoms with Crippen molar-refractivity contribution in [2.24, 2.45) is 0 Å². The van der Waals surface area contributed by atoms with Crippen LogP contribution in [0.25, 0.3) is 0 Å². The quantitative estimate of drug-likeness (QED) is 0.785. The van der Waals surface area contributed by atoms with Gasteiger partial charge in [-0.15, -0.1) is 0 Å². The Morgan fingerprint density at radius 1 is 1.27 bits per heavy atom. The summed E-state index contributed by atoms with van der Waals surface area (Å²) in [5.41, 5.74) is 3.95. The van der Waals surface area contributed by atoms with Crippen LogP contribution >= 0.6 is 0 Å². The summed E-state index contributed by atoms with van der Waals surface area (Å²) in [6, 6.07) is 13.9. The van der Waals surface area contributed by atoms with Gasteiger partial charge in [0, 0.05) is 18.8 Å². The molecule has 1 heterocycles. The first-order chi connectivity index (χ1) is 12.7. The van der Waals surface area contributed by atoms with Crippen LogP contribution in [0.4, 0.5) is 11.4 Å². The number of aryl methyl sites for hydroxylation is 1. The largest absolute Gasteiger partial charge is 0.487 e. The molecule has 26 heavy (non-hydrogen) atoms. The maximum absolute atomic E-state index is 12.2. The van der Waals surface area contributed by atoms with Crippen molar-refractivity contribution < 1.29 is 14.3 Å². The van der Waals surface area contributed by atoms with Crippen LogP contribution in [0.1, 0.15) is 30.9 Å². The molecule has 5 nitrogen and oxygen atoms in total. The smallest absolute Gasteiger partial charge is 0.253 e. The van der Waals surface area contributed by atoms with Crippen LogP contribution in [0.3, 0.4) is 0 Å². The molecule has 1 saturated heterocycles. The third-order valence-corrected chi connectivity index (χ3v) is 4.31. The van der Waals surface area contributed by atoms with E-state index in [-0.39, 0.29) is 12.0 Å². The van der Waals surface area contributed by atoms with E-state index in [2.05, 4.69) is 35.8 Å². The Bertz CT molecular complexity index is 755. The summed E-state index contributed by atoms with van der Waals surface area (Å²) in [4.78, 5) is 12.2. The highest BCUT2D eigenvalue weighted by Crippen LogP contribution is 2.29. The Labute approximate surface area is 154 Å². The van der Waals surface area contributed by atoms with Gasteiger partial charge in [0.1, 0.15) is 18.5 Å². The molecule has 2 aromatic rings. The molecule has 1 atom stereocenters. The van der Waals surface area contributed by atoms with E-state index in [1.54, 1.807) is 0 Å². The predicted octanol–water partition coefficient (Wildman–Crippen LogP) is 4.12. The molecule has 1 aliphatic rings. The third-order valence-electron chi connectivity index (χ3n) is 4.31. The molecule has 5 heteroatoms. The van der Waals surface area contributed by atoms with Crippen LogP contribution in [0.5, 0.6) is 5.75 Å². The average Bonchev–Trinajstić information content (AvgIpc) is 3.16. The number of amides is 1. The van der Waals surface area contributed by atoms with Crippen molar-refractivity contribution in [1.82, 2.24) is 0 Å². The normalized spacial score (nSPS) is 16.3. The molecule has 2 aromatic carbocycles. The number of carbonyl (C=O) groups is 1. The Hall–Kier alpha value is -2.53. The molecule has 1 fully saturated rings. The van der Waals surface area contributed by atoms with E-state index in [9.17, 15) is 4.79 Å². The minimum atomic E-state index is -0.338. The first-order valence-corrected chi connectivity index (χ1v) is 9.14. The average molecular weight is 354 g/mol. The first kappa shape index (κ1) is 18.3. The Morgan fingerprint density at radius 2 is 2.15 bits per heavy atom. The zero-order valence-corrected chi connectivity index (χ0v) is 15.4. The van der Waals surface area contributed by atoms with Gasteiger partial charge in [-0.1, -0.05) is 29.8 Å². The van der Waals surface area contributed by atoms with Gasteiger partial charge in [-0.25, -0.2) is 0 Å². The zero-order valence-electron chi connectivity index (χ0n) is 15.4. The Morgan fingerprint density at radius 3 is 2.88 bits per heavy atom. The second kappa shape index (κ2) is 8.72. The number of hydrogen-bond acceptors (Lipinski definition) is 4. The number of rotatable bonds is 7. The van der Waals surface area contributed by atoms with E-state index in [0.29, 0.717) is 13.2 Å². The van der Waals surface area contributed by atoms with Gasteiger partial charge in [0.05, 0.1) is 5.69 Å². The molecule has 0 spiro atoms. The number of nitrogens with one attached hydrogen (secondary N) is 2. The van der Waals surface area contributed by atoms with Crippen molar-refractivity contribution in [2.75, 3.05) is 23.8 Å². The van der Waals surface area contributed by atoms with Gasteiger partial charge in [0.25, 0.3) is 5.91 Å². The molecule has 0 aliphatic carbocycles. The van der Waals surface area contributed by atoms with Crippen LogP contribution in [0.15, 0.2) is 42.5 Å². The predicted molar refractivity (Wildman–Crippen MR) is 104 cm³/mol. The van der Waals surface area contributed by atoms with E-state index < -0.39 is 0 Å². The van der Waals surface area contributed by atoms with Gasteiger partial charge in [-0.05, 0) is 50.5 Å². The van der Waals surface area contributed by atoms with Gasteiger partial charge in [0.15, 0.2) is 0 Å². The summed E-state index contributed by atoms with van der Waals surface area (Å²) in [7, 11) is 0. The van der Waals surface area contributed by atoms with Gasteiger partial charge in [-0.2, -0.15) is 0 Å². The number of benzene rings is 2. The van der Waals surface area contributed by atoms with Crippen molar-refractivity contribution in [2.45, 2.75) is 39.4 Å². The van der Waals surface area contributed by atoms with Gasteiger partial charge < -0.3 is 20.1 Å². The van der Waals surface area contributed by atoms with Gasteiger partial charge in [0.2, 0.25) is 0 Å². The molecule has 0 aromatic heterocycles. The summed E-state index contributed by atoms with van der Waals surface area (Å²) >= 11 is 0. The van der Waals surface area contributed by atoms with E-state index in [0.717, 1.165) is 42.1 Å². The topological polar surface area (TPSA) is 59.6 Å². The summed E-state index contributed by atoms with van der Waals surface area (Å²) in [6.07, 6.45) is 1.38. The van der Waals surface area contributed by atoms with Crippen molar-refractivity contribution in [1.29, 1.82) is 0 Å². The Balaban J connectivity index is 1.68. The maximum Gasteiger partial charge on any atom is 0.253 e. The van der Waals surface area contributed by atoms with Crippen molar-refractivity contribution in [3.63, 3.8) is 0 Å². The highest BCUT2D eigenvalue weighted by molar-refractivity contribution is 5.95. The fourth-order valence-electron chi connectivity index (χ4n) is 3.03. The number of ether oxygens (including phenoxy) is 2. The van der Waals surface area contributed by atoms with E-state index in [1.807, 2.05) is 31.2 Å². The lowest BCUT2D eigenvalue weighted by atomic mass is 10.1. The van der Waals surface area contributed by atoms with E-state index in [1.165, 1.54) is 5.56 Å². The SMILES string of the molecule is CCNc1cc(NC(=O)C2CCCO2)ccc1OCc1cccc(C)c1. The van der Waals surface area contributed by atoms with E-state index >= 15 is 0 Å². The van der Waals surface area contributed by atoms with Crippen LogP contribution in [0.2, 0.25) is 0 Å². The molecular weight excluding hydrogens is 328 g/mol. The zero-order chi connectivity index (χ0) is 18.4. The van der Waals surface area contributed by atoms with Gasteiger partial charge in [-0.3, -0.25) is 4.79 Å². The molecule has 1 amide bonds. The summed E-state index contributed by atoms with van der Waals surface area (Å²) < 4.78 is 11.4. The van der Waals surface area contributed by atoms with E-state index in [4.69, 9.17) is 9.47 Å². The summed E-state index contributed by atoms with van der Waals surface area (Å²) in [5.74, 6) is 0.682. The lowest BCUT2D eigenvalue weighted by Crippen LogP contribution is -2.26. The summed E-state index contributed by atoms with van der Waals surface area (Å²) in [6.45, 7) is 6.03. The fraction of sp³-hybridized carbons (Fsp3) is 0.381. The second-order valence-electron chi connectivity index (χ2n) is 6.51. The highest BCUT2D eigenvalue weighted by Gasteiger charge is 2.23. The standard InChI is InChI=1S/C21H26N2O3/c1-3-22-18-13-17(23-21(24)20-8-5-11-25-20)9-10-19(18)26-14-16-7-4-6-15(2)12-16/h4,6-7,9-10,12-13,20,22H,3,5,8,11,14H2,1-2H3,(H,23,24). The number of hydrogen-bond donors (Lipinski definition) is 2. The minimum absolute atomic E-state index is 0.0848. The molecule has 3 rings (SSSR count). The first-order valence-electron chi connectivity index (χ1n) is 9.14. The van der Waals surface area contributed by atoms with Crippen LogP contribution in [-0.4, -0.2) is 25.2 Å². The fourth-order valence-corrected chi connectivity index (χ4v) is 3.03. The lowest BCUT2D eigenvalue weighted by Gasteiger charge is -2.16. The third kappa shape index (κ3) is 4.76. The van der Waals surface area contributed by atoms with Gasteiger partial charge >= 0.3 is 0 Å². The monoisotopic (exact) mass is 354 g/mol. The minimum Gasteiger partial charge on any atom is -0.487 e. The second-order valence-corrected chi connectivity index (χ2v) is 6.51. The molecule has 1 unspecified atom stereocenters. The molecule has 2 N–H and O–H groups in total. The molecule has 138 valence electrons. The number of carbonyl (C=O) groups excluding carboxylic acids is 1.